The van der Waals surface area contributed by atoms with Crippen molar-refractivity contribution in [3.8, 4) is 0 Å². The summed E-state index contributed by atoms with van der Waals surface area (Å²) in [5.74, 6) is 2.03. The van der Waals surface area contributed by atoms with Crippen molar-refractivity contribution in [3.05, 3.63) is 23.5 Å². The number of rotatable bonds is 1. The molecule has 0 radical (unpaired) electrons. The Labute approximate surface area is 138 Å². The lowest BCUT2D eigenvalue weighted by Crippen LogP contribution is -2.49. The van der Waals surface area contributed by atoms with Crippen LogP contribution in [0.25, 0.3) is 11.0 Å². The molecule has 4 bridgehead atoms. The van der Waals surface area contributed by atoms with Gasteiger partial charge >= 0.3 is 6.18 Å². The van der Waals surface area contributed by atoms with Crippen LogP contribution >= 0.6 is 0 Å². The SMILES string of the molecule is Cn1ncc2c(C(F)(F)F)cc(C34CC5CC(CC(C5)C3)C4)nc21. The molecular weight excluding hydrogens is 315 g/mol. The molecule has 0 N–H and O–H groups in total. The van der Waals surface area contributed by atoms with Crippen molar-refractivity contribution in [2.45, 2.75) is 50.1 Å². The number of hydrogen-bond acceptors (Lipinski definition) is 2. The molecule has 4 saturated carbocycles. The van der Waals surface area contributed by atoms with Crippen LogP contribution < -0.4 is 0 Å². The summed E-state index contributed by atoms with van der Waals surface area (Å²) in [5.41, 5.74) is 0.291. The first-order valence-electron chi connectivity index (χ1n) is 8.74. The van der Waals surface area contributed by atoms with Crippen LogP contribution in [-0.4, -0.2) is 14.8 Å². The quantitative estimate of drug-likeness (QED) is 0.770. The largest absolute Gasteiger partial charge is 0.417 e. The van der Waals surface area contributed by atoms with Crippen LogP contribution in [0.2, 0.25) is 0 Å². The Bertz CT molecular complexity index is 785. The number of alkyl halides is 3. The molecule has 6 rings (SSSR count). The first-order valence-corrected chi connectivity index (χ1v) is 8.74. The highest BCUT2D eigenvalue weighted by atomic mass is 19.4. The van der Waals surface area contributed by atoms with Crippen LogP contribution in [0.3, 0.4) is 0 Å². The van der Waals surface area contributed by atoms with E-state index in [4.69, 9.17) is 4.98 Å². The molecule has 4 aliphatic rings. The fraction of sp³-hybridized carbons (Fsp3) is 0.667. The number of pyridine rings is 1. The van der Waals surface area contributed by atoms with Crippen molar-refractivity contribution >= 4 is 11.0 Å². The van der Waals surface area contributed by atoms with Gasteiger partial charge in [0.2, 0.25) is 0 Å². The minimum Gasteiger partial charge on any atom is -0.250 e. The highest BCUT2D eigenvalue weighted by Crippen LogP contribution is 2.60. The Kier molecular flexibility index (Phi) is 2.78. The lowest BCUT2D eigenvalue weighted by molar-refractivity contribution is -0.136. The Hall–Kier alpha value is -1.59. The number of hydrogen-bond donors (Lipinski definition) is 0. The fourth-order valence-corrected chi connectivity index (χ4v) is 6.05. The maximum absolute atomic E-state index is 13.6. The molecular formula is C18H20F3N3. The zero-order chi connectivity index (χ0) is 16.7. The summed E-state index contributed by atoms with van der Waals surface area (Å²) in [5, 5.41) is 4.12. The van der Waals surface area contributed by atoms with Crippen LogP contribution in [0.15, 0.2) is 12.3 Å². The zero-order valence-corrected chi connectivity index (χ0v) is 13.6. The minimum absolute atomic E-state index is 0.110. The van der Waals surface area contributed by atoms with Gasteiger partial charge in [0, 0.05) is 18.2 Å². The van der Waals surface area contributed by atoms with Crippen molar-refractivity contribution in [1.82, 2.24) is 14.8 Å². The third-order valence-corrected chi connectivity index (χ3v) is 6.59. The molecule has 0 aliphatic heterocycles. The maximum atomic E-state index is 13.6. The third-order valence-electron chi connectivity index (χ3n) is 6.59. The molecule has 4 aliphatic carbocycles. The minimum atomic E-state index is -4.37. The summed E-state index contributed by atoms with van der Waals surface area (Å²) in [4.78, 5) is 4.70. The Morgan fingerprint density at radius 3 is 2.21 bits per heavy atom. The monoisotopic (exact) mass is 335 g/mol. The van der Waals surface area contributed by atoms with Crippen LogP contribution in [0.4, 0.5) is 13.2 Å². The topological polar surface area (TPSA) is 30.7 Å². The maximum Gasteiger partial charge on any atom is 0.417 e. The predicted molar refractivity (Wildman–Crippen MR) is 83.4 cm³/mol. The van der Waals surface area contributed by atoms with Gasteiger partial charge in [-0.2, -0.15) is 18.3 Å². The third kappa shape index (κ3) is 1.97. The molecule has 128 valence electrons. The Morgan fingerprint density at radius 2 is 1.67 bits per heavy atom. The average Bonchev–Trinajstić information content (AvgIpc) is 2.85. The first kappa shape index (κ1) is 14.7. The van der Waals surface area contributed by atoms with Gasteiger partial charge in [-0.3, -0.25) is 4.68 Å². The molecule has 0 spiro atoms. The predicted octanol–water partition coefficient (Wildman–Crippen LogP) is 4.45. The van der Waals surface area contributed by atoms with E-state index in [1.165, 1.54) is 36.2 Å². The molecule has 24 heavy (non-hydrogen) atoms. The van der Waals surface area contributed by atoms with E-state index in [-0.39, 0.29) is 10.8 Å². The summed E-state index contributed by atoms with van der Waals surface area (Å²) in [6.45, 7) is 0. The van der Waals surface area contributed by atoms with Gasteiger partial charge in [0.05, 0.1) is 17.1 Å². The molecule has 6 heteroatoms. The summed E-state index contributed by atoms with van der Waals surface area (Å²) < 4.78 is 42.3. The Morgan fingerprint density at radius 1 is 1.08 bits per heavy atom. The van der Waals surface area contributed by atoms with E-state index in [1.807, 2.05) is 0 Å². The lowest BCUT2D eigenvalue weighted by atomic mass is 9.48. The molecule has 2 aromatic heterocycles. The smallest absolute Gasteiger partial charge is 0.250 e. The van der Waals surface area contributed by atoms with E-state index in [2.05, 4.69) is 5.10 Å². The van der Waals surface area contributed by atoms with Gasteiger partial charge in [0.25, 0.3) is 0 Å². The van der Waals surface area contributed by atoms with Crippen LogP contribution in [0.5, 0.6) is 0 Å². The summed E-state index contributed by atoms with van der Waals surface area (Å²) in [7, 11) is 1.67. The van der Waals surface area contributed by atoms with Gasteiger partial charge in [-0.25, -0.2) is 4.98 Å². The van der Waals surface area contributed by atoms with E-state index < -0.39 is 11.7 Å². The van der Waals surface area contributed by atoms with Crippen molar-refractivity contribution in [3.63, 3.8) is 0 Å². The van der Waals surface area contributed by atoms with Gasteiger partial charge < -0.3 is 0 Å². The van der Waals surface area contributed by atoms with Gasteiger partial charge in [-0.15, -0.1) is 0 Å². The summed E-state index contributed by atoms with van der Waals surface area (Å²) in [6, 6.07) is 1.33. The first-order chi connectivity index (χ1) is 11.3. The van der Waals surface area contributed by atoms with E-state index in [9.17, 15) is 13.2 Å². The van der Waals surface area contributed by atoms with E-state index in [0.29, 0.717) is 29.1 Å². The zero-order valence-electron chi connectivity index (χ0n) is 13.6. The van der Waals surface area contributed by atoms with Crippen molar-refractivity contribution in [2.75, 3.05) is 0 Å². The molecule has 0 unspecified atom stereocenters. The van der Waals surface area contributed by atoms with Crippen molar-refractivity contribution < 1.29 is 13.2 Å². The second-order valence-corrected chi connectivity index (χ2v) is 8.26. The van der Waals surface area contributed by atoms with E-state index in [1.54, 1.807) is 7.05 Å². The van der Waals surface area contributed by atoms with Gasteiger partial charge in [-0.1, -0.05) is 0 Å². The summed E-state index contributed by atoms with van der Waals surface area (Å²) >= 11 is 0. The molecule has 0 aromatic carbocycles. The molecule has 2 heterocycles. The van der Waals surface area contributed by atoms with Crippen LogP contribution in [0, 0.1) is 17.8 Å². The molecule has 0 amide bonds. The molecule has 4 fully saturated rings. The van der Waals surface area contributed by atoms with E-state index >= 15 is 0 Å². The average molecular weight is 335 g/mol. The second-order valence-electron chi connectivity index (χ2n) is 8.26. The van der Waals surface area contributed by atoms with Crippen LogP contribution in [0.1, 0.15) is 49.8 Å². The molecule has 3 nitrogen and oxygen atoms in total. The lowest BCUT2D eigenvalue weighted by Gasteiger charge is -2.56. The summed E-state index contributed by atoms with van der Waals surface area (Å²) in [6.07, 6.45) is 3.72. The van der Waals surface area contributed by atoms with Gasteiger partial charge in [-0.05, 0) is 62.3 Å². The number of aryl methyl sites for hydroxylation is 1. The molecule has 2 aromatic rings. The molecule has 0 saturated heterocycles. The van der Waals surface area contributed by atoms with Crippen molar-refractivity contribution in [2.24, 2.45) is 24.8 Å². The number of fused-ring (bicyclic) bond motifs is 1. The second kappa shape index (κ2) is 4.52. The van der Waals surface area contributed by atoms with Crippen LogP contribution in [-0.2, 0) is 18.6 Å². The standard InChI is InChI=1S/C18H20F3N3/c1-24-16-13(9-22-24)14(18(19,20)21)5-15(23-16)17-6-10-2-11(7-17)4-12(3-10)8-17/h5,9-12H,2-4,6-8H2,1H3. The number of nitrogens with zero attached hydrogens (tertiary/aromatic N) is 3. The Balaban J connectivity index is 1.71. The number of halogens is 3. The van der Waals surface area contributed by atoms with E-state index in [0.717, 1.165) is 19.3 Å². The van der Waals surface area contributed by atoms with Gasteiger partial charge in [0.1, 0.15) is 0 Å². The normalized spacial score (nSPS) is 35.1. The highest BCUT2D eigenvalue weighted by molar-refractivity contribution is 5.79. The fourth-order valence-electron chi connectivity index (χ4n) is 6.05. The highest BCUT2D eigenvalue weighted by Gasteiger charge is 2.53. The molecule has 0 atom stereocenters. The van der Waals surface area contributed by atoms with Crippen molar-refractivity contribution in [1.29, 1.82) is 0 Å². The van der Waals surface area contributed by atoms with Gasteiger partial charge in [0.15, 0.2) is 5.65 Å². The number of aromatic nitrogens is 3.